The van der Waals surface area contributed by atoms with E-state index in [4.69, 9.17) is 23.2 Å². The molecule has 2 aliphatic heterocycles. The van der Waals surface area contributed by atoms with Gasteiger partial charge < -0.3 is 20.6 Å². The Kier molecular flexibility index (Phi) is 9.84. The van der Waals surface area contributed by atoms with Crippen LogP contribution in [0.15, 0.2) is 66.1 Å². The smallest absolute Gasteiger partial charge is 0.326 e. The van der Waals surface area contributed by atoms with Crippen molar-refractivity contribution in [2.45, 2.75) is 55.3 Å². The maximum atomic E-state index is 13.6. The number of hydrogen-bond acceptors (Lipinski definition) is 7. The third-order valence-electron chi connectivity index (χ3n) is 7.77. The van der Waals surface area contributed by atoms with Gasteiger partial charge in [0.05, 0.1) is 26.4 Å². The summed E-state index contributed by atoms with van der Waals surface area (Å²) < 4.78 is 0. The van der Waals surface area contributed by atoms with Gasteiger partial charge in [-0.05, 0) is 61.4 Å². The van der Waals surface area contributed by atoms with E-state index >= 15 is 0 Å². The Hall–Kier alpha value is -3.67. The highest BCUT2D eigenvalue weighted by Gasteiger charge is 2.47. The Morgan fingerprint density at radius 3 is 2.33 bits per heavy atom. The Balaban J connectivity index is 1.23. The second-order valence-electron chi connectivity index (χ2n) is 10.5. The summed E-state index contributed by atoms with van der Waals surface area (Å²) in [6.07, 6.45) is 7.62. The predicted molar refractivity (Wildman–Crippen MR) is 163 cm³/mol. The maximum absolute atomic E-state index is 13.6. The van der Waals surface area contributed by atoms with Gasteiger partial charge in [0.1, 0.15) is 12.1 Å². The number of rotatable bonds is 10. The number of carbonyl (C=O) groups excluding carboxylic acids is 3. The average molecular weight is 643 g/mol. The van der Waals surface area contributed by atoms with E-state index in [2.05, 4.69) is 20.6 Å². The number of pyridine rings is 2. The van der Waals surface area contributed by atoms with Crippen LogP contribution in [-0.4, -0.2) is 67.5 Å². The molecule has 10 nitrogen and oxygen atoms in total. The molecule has 2 saturated heterocycles. The van der Waals surface area contributed by atoms with Crippen LogP contribution in [0, 0.1) is 5.92 Å². The molecule has 2 aromatic heterocycles. The zero-order valence-corrected chi connectivity index (χ0v) is 25.2. The molecule has 43 heavy (non-hydrogen) atoms. The normalized spacial score (nSPS) is 19.9. The summed E-state index contributed by atoms with van der Waals surface area (Å²) in [4.78, 5) is 61.6. The largest absolute Gasteiger partial charge is 0.480 e. The number of carboxylic acids is 1. The Morgan fingerprint density at radius 1 is 1.00 bits per heavy atom. The van der Waals surface area contributed by atoms with Crippen LogP contribution in [0.3, 0.4) is 0 Å². The number of nitrogens with one attached hydrogen (secondary N) is 2. The summed E-state index contributed by atoms with van der Waals surface area (Å²) in [5.74, 6) is -2.17. The van der Waals surface area contributed by atoms with Crippen molar-refractivity contribution in [1.82, 2.24) is 20.2 Å². The molecule has 13 heteroatoms. The molecule has 0 radical (unpaired) electrons. The van der Waals surface area contributed by atoms with E-state index < -0.39 is 29.9 Å². The molecule has 2 bridgehead atoms. The molecule has 6 rings (SSSR count). The first kappa shape index (κ1) is 30.8. The molecular weight excluding hydrogens is 613 g/mol. The summed E-state index contributed by atoms with van der Waals surface area (Å²) in [7, 11) is 0. The lowest BCUT2D eigenvalue weighted by atomic mass is 9.74. The lowest BCUT2D eigenvalue weighted by molar-refractivity contribution is -0.153. The van der Waals surface area contributed by atoms with Crippen molar-refractivity contribution < 1.29 is 24.3 Å². The third kappa shape index (κ3) is 7.29. The number of amides is 3. The van der Waals surface area contributed by atoms with Crippen molar-refractivity contribution in [3.8, 4) is 0 Å². The molecule has 2 atom stereocenters. The maximum Gasteiger partial charge on any atom is 0.326 e. The number of aromatic nitrogens is 2. The standard InChI is InChI=1S/C30H29Cl2N5O5S/c31-21-14-33-15-22(32)26(21)28(39)35-19-8-4-17(5-9-19)13-23(30(41)42)36-29(40)27-18-6-10-20(11-7-18)37(27)25(38)16-43-24-3-1-2-12-34-24/h1-5,8-9,12,14-15,18,20,23,27H,6-7,10-11,13,16H2,(H,35,39)(H,36,40)(H,41,42)/t18?,20?,23-,27-/m0/s1. The van der Waals surface area contributed by atoms with Gasteiger partial charge in [-0.25, -0.2) is 9.78 Å². The third-order valence-corrected chi connectivity index (χ3v) is 9.27. The number of piperidine rings is 2. The van der Waals surface area contributed by atoms with Gasteiger partial charge in [-0.2, -0.15) is 0 Å². The number of aliphatic carboxylic acids is 1. The summed E-state index contributed by atoms with van der Waals surface area (Å²) in [5.41, 5.74) is 1.18. The van der Waals surface area contributed by atoms with E-state index in [0.29, 0.717) is 11.3 Å². The minimum absolute atomic E-state index is 0.0155. The van der Waals surface area contributed by atoms with Crippen LogP contribution in [0.25, 0.3) is 0 Å². The minimum atomic E-state index is -1.21. The van der Waals surface area contributed by atoms with Gasteiger partial charge in [0.15, 0.2) is 0 Å². The minimum Gasteiger partial charge on any atom is -0.480 e. The molecule has 3 N–H and O–H groups in total. The van der Waals surface area contributed by atoms with E-state index in [-0.39, 0.29) is 45.6 Å². The van der Waals surface area contributed by atoms with Gasteiger partial charge >= 0.3 is 5.97 Å². The van der Waals surface area contributed by atoms with Crippen LogP contribution >= 0.6 is 35.0 Å². The molecule has 3 aromatic rings. The highest BCUT2D eigenvalue weighted by atomic mass is 35.5. The Labute approximate surface area is 262 Å². The second-order valence-corrected chi connectivity index (χ2v) is 12.3. The molecule has 224 valence electrons. The number of halogens is 2. The fourth-order valence-electron chi connectivity index (χ4n) is 5.73. The lowest BCUT2D eigenvalue weighted by Crippen LogP contribution is -2.64. The Bertz CT molecular complexity index is 1480. The number of thioether (sulfide) groups is 1. The van der Waals surface area contributed by atoms with E-state index in [9.17, 15) is 24.3 Å². The molecule has 0 spiro atoms. The van der Waals surface area contributed by atoms with Crippen molar-refractivity contribution in [3.63, 3.8) is 0 Å². The van der Waals surface area contributed by atoms with Crippen LogP contribution in [0.1, 0.15) is 41.6 Å². The van der Waals surface area contributed by atoms with Crippen molar-refractivity contribution >= 4 is 64.3 Å². The van der Waals surface area contributed by atoms with Crippen molar-refractivity contribution in [2.75, 3.05) is 11.1 Å². The Morgan fingerprint density at radius 2 is 1.70 bits per heavy atom. The van der Waals surface area contributed by atoms with Crippen LogP contribution in [0.2, 0.25) is 10.0 Å². The SMILES string of the molecule is O=C(Nc1ccc(C[C@H](NC(=O)[C@@H]2C3CCC(CC3)N2C(=O)CSc2ccccn2)C(=O)O)cc1)c1c(Cl)cncc1Cl. The van der Waals surface area contributed by atoms with Crippen molar-refractivity contribution in [1.29, 1.82) is 0 Å². The van der Waals surface area contributed by atoms with Gasteiger partial charge in [0.2, 0.25) is 11.8 Å². The molecule has 4 heterocycles. The molecule has 1 saturated carbocycles. The average Bonchev–Trinajstić information content (AvgIpc) is 3.01. The van der Waals surface area contributed by atoms with Gasteiger partial charge in [-0.15, -0.1) is 0 Å². The fourth-order valence-corrected chi connectivity index (χ4v) is 7.00. The topological polar surface area (TPSA) is 142 Å². The quantitative estimate of drug-likeness (QED) is 0.270. The van der Waals surface area contributed by atoms with Crippen LogP contribution < -0.4 is 10.6 Å². The van der Waals surface area contributed by atoms with E-state index in [1.807, 2.05) is 12.1 Å². The molecule has 3 amide bonds. The van der Waals surface area contributed by atoms with Crippen molar-refractivity contribution in [3.05, 3.63) is 82.2 Å². The molecular formula is C30H29Cl2N5O5S. The first-order valence-electron chi connectivity index (χ1n) is 13.8. The van der Waals surface area contributed by atoms with Gasteiger partial charge in [-0.1, -0.05) is 53.2 Å². The summed E-state index contributed by atoms with van der Waals surface area (Å²) in [6.45, 7) is 0. The summed E-state index contributed by atoms with van der Waals surface area (Å²) in [6, 6.07) is 10.1. The van der Waals surface area contributed by atoms with Gasteiger partial charge in [0, 0.05) is 36.7 Å². The van der Waals surface area contributed by atoms with E-state index in [1.54, 1.807) is 41.4 Å². The highest BCUT2D eigenvalue weighted by Crippen LogP contribution is 2.40. The summed E-state index contributed by atoms with van der Waals surface area (Å²) >= 11 is 13.4. The van der Waals surface area contributed by atoms with Crippen molar-refractivity contribution in [2.24, 2.45) is 5.92 Å². The zero-order chi connectivity index (χ0) is 30.5. The number of carboxylic acid groups (broad SMARTS) is 1. The lowest BCUT2D eigenvalue weighted by Gasteiger charge is -2.50. The van der Waals surface area contributed by atoms with E-state index in [1.165, 1.54) is 24.2 Å². The monoisotopic (exact) mass is 641 g/mol. The first-order chi connectivity index (χ1) is 20.7. The number of hydrogen-bond donors (Lipinski definition) is 3. The molecule has 1 aliphatic carbocycles. The van der Waals surface area contributed by atoms with Crippen LogP contribution in [0.4, 0.5) is 5.69 Å². The molecule has 3 aliphatic rings. The van der Waals surface area contributed by atoms with Crippen LogP contribution in [0.5, 0.6) is 0 Å². The van der Waals surface area contributed by atoms with Gasteiger partial charge in [-0.3, -0.25) is 19.4 Å². The second kappa shape index (κ2) is 13.7. The predicted octanol–water partition coefficient (Wildman–Crippen LogP) is 4.71. The number of fused-ring (bicyclic) bond motifs is 3. The molecule has 0 unspecified atom stereocenters. The molecule has 3 fully saturated rings. The number of benzene rings is 1. The highest BCUT2D eigenvalue weighted by molar-refractivity contribution is 7.99. The van der Waals surface area contributed by atoms with Crippen LogP contribution in [-0.2, 0) is 20.8 Å². The number of anilines is 1. The first-order valence-corrected chi connectivity index (χ1v) is 15.5. The number of nitrogens with zero attached hydrogens (tertiary/aromatic N) is 3. The fraction of sp³-hybridized carbons (Fsp3) is 0.333. The van der Waals surface area contributed by atoms with Gasteiger partial charge in [0.25, 0.3) is 5.91 Å². The molecule has 1 aromatic carbocycles. The number of carbonyl (C=O) groups is 4. The van der Waals surface area contributed by atoms with E-state index in [0.717, 1.165) is 30.7 Å². The zero-order valence-electron chi connectivity index (χ0n) is 22.9. The summed E-state index contributed by atoms with van der Waals surface area (Å²) in [5, 5.41) is 16.3.